The molecule has 2 aliphatic heterocycles. The summed E-state index contributed by atoms with van der Waals surface area (Å²) < 4.78 is 5.49. The average Bonchev–Trinajstić information content (AvgIpc) is 2.62. The number of carbonyl (C=O) groups is 1. The molecule has 3 rings (SSSR count). The van der Waals surface area contributed by atoms with E-state index in [4.69, 9.17) is 4.74 Å². The molecule has 0 saturated carbocycles. The van der Waals surface area contributed by atoms with Crippen molar-refractivity contribution >= 4 is 5.97 Å². The Morgan fingerprint density at radius 3 is 2.76 bits per heavy atom. The molecule has 5 nitrogen and oxygen atoms in total. The van der Waals surface area contributed by atoms with Crippen molar-refractivity contribution in [3.63, 3.8) is 0 Å². The second-order valence-corrected chi connectivity index (χ2v) is 7.92. The van der Waals surface area contributed by atoms with Crippen LogP contribution in [0.15, 0.2) is 24.3 Å². The molecule has 0 spiro atoms. The highest BCUT2D eigenvalue weighted by Crippen LogP contribution is 2.29. The molecule has 5 heteroatoms. The van der Waals surface area contributed by atoms with Crippen molar-refractivity contribution in [1.82, 2.24) is 9.80 Å². The summed E-state index contributed by atoms with van der Waals surface area (Å²) in [5.74, 6) is -0.420. The van der Waals surface area contributed by atoms with Gasteiger partial charge in [0, 0.05) is 31.7 Å². The summed E-state index contributed by atoms with van der Waals surface area (Å²) in [5.41, 5.74) is 1.69. The fourth-order valence-electron chi connectivity index (χ4n) is 4.21. The summed E-state index contributed by atoms with van der Waals surface area (Å²) in [6.45, 7) is 11.5. The molecule has 2 heterocycles. The Hall–Kier alpha value is -1.43. The number of morpholine rings is 1. The van der Waals surface area contributed by atoms with Crippen LogP contribution in [-0.4, -0.2) is 72.4 Å². The topological polar surface area (TPSA) is 53.0 Å². The number of ether oxygens (including phenoxy) is 1. The van der Waals surface area contributed by atoms with Crippen molar-refractivity contribution in [2.45, 2.75) is 38.1 Å². The molecular weight excluding hydrogens is 316 g/mol. The largest absolute Gasteiger partial charge is 0.478 e. The van der Waals surface area contributed by atoms with Gasteiger partial charge < -0.3 is 14.7 Å². The first kappa shape index (κ1) is 18.4. The van der Waals surface area contributed by atoms with Crippen LogP contribution in [-0.2, 0) is 4.74 Å². The molecule has 25 heavy (non-hydrogen) atoms. The molecule has 2 fully saturated rings. The van der Waals surface area contributed by atoms with Crippen molar-refractivity contribution in [3.05, 3.63) is 35.4 Å². The zero-order valence-electron chi connectivity index (χ0n) is 15.4. The lowest BCUT2D eigenvalue weighted by Gasteiger charge is -2.45. The minimum absolute atomic E-state index is 0.134. The van der Waals surface area contributed by atoms with Gasteiger partial charge in [0.1, 0.15) is 0 Å². The molecule has 0 aliphatic carbocycles. The molecule has 0 aromatic heterocycles. The Kier molecular flexibility index (Phi) is 5.77. The first-order chi connectivity index (χ1) is 12.0. The van der Waals surface area contributed by atoms with Gasteiger partial charge in [-0.25, -0.2) is 4.79 Å². The molecule has 0 bridgehead atoms. The summed E-state index contributed by atoms with van der Waals surface area (Å²) in [5, 5.41) is 9.23. The molecule has 1 aromatic rings. The van der Waals surface area contributed by atoms with Crippen molar-refractivity contribution < 1.29 is 14.6 Å². The van der Waals surface area contributed by atoms with Gasteiger partial charge in [0.05, 0.1) is 18.8 Å². The first-order valence-electron chi connectivity index (χ1n) is 9.34. The Labute approximate surface area is 150 Å². The quantitative estimate of drug-likeness (QED) is 0.888. The van der Waals surface area contributed by atoms with E-state index >= 15 is 0 Å². The summed E-state index contributed by atoms with van der Waals surface area (Å²) in [6.07, 6.45) is 2.30. The maximum absolute atomic E-state index is 11.2. The first-order valence-corrected chi connectivity index (χ1v) is 9.34. The summed E-state index contributed by atoms with van der Waals surface area (Å²) in [7, 11) is 0. The van der Waals surface area contributed by atoms with Crippen LogP contribution in [0.3, 0.4) is 0 Å². The van der Waals surface area contributed by atoms with E-state index in [1.807, 2.05) is 12.1 Å². The number of carboxylic acids is 1. The van der Waals surface area contributed by atoms with Gasteiger partial charge in [0.2, 0.25) is 0 Å². The molecule has 2 saturated heterocycles. The number of hydrogen-bond donors (Lipinski definition) is 1. The Balaban J connectivity index is 1.64. The number of rotatable bonds is 5. The van der Waals surface area contributed by atoms with Crippen LogP contribution in [0.5, 0.6) is 0 Å². The van der Waals surface area contributed by atoms with Crippen LogP contribution in [0.1, 0.15) is 48.5 Å². The number of likely N-dealkylation sites (tertiary alicyclic amines) is 1. The standard InChI is InChI=1S/C20H30N2O3/c1-20(2,22-9-11-25-12-10-22)15-21-8-4-7-18(14-21)16-5-3-6-17(13-16)19(23)24/h3,5-6,13,18H,4,7-12,14-15H2,1-2H3,(H,23,24)/t18-/m0/s1. The maximum Gasteiger partial charge on any atom is 0.335 e. The van der Waals surface area contributed by atoms with Gasteiger partial charge >= 0.3 is 5.97 Å². The van der Waals surface area contributed by atoms with Gasteiger partial charge in [-0.3, -0.25) is 4.90 Å². The summed E-state index contributed by atoms with van der Waals surface area (Å²) in [6, 6.07) is 7.47. The van der Waals surface area contributed by atoms with E-state index in [9.17, 15) is 9.90 Å². The van der Waals surface area contributed by atoms with Gasteiger partial charge in [-0.15, -0.1) is 0 Å². The lowest BCUT2D eigenvalue weighted by molar-refractivity contribution is -0.0241. The van der Waals surface area contributed by atoms with E-state index in [0.717, 1.165) is 57.9 Å². The van der Waals surface area contributed by atoms with Crippen molar-refractivity contribution in [1.29, 1.82) is 0 Å². The normalized spacial score (nSPS) is 23.5. The highest BCUT2D eigenvalue weighted by Gasteiger charge is 2.32. The molecule has 0 unspecified atom stereocenters. The van der Waals surface area contributed by atoms with Crippen LogP contribution >= 0.6 is 0 Å². The van der Waals surface area contributed by atoms with Crippen LogP contribution in [0.4, 0.5) is 0 Å². The molecule has 1 aromatic carbocycles. The Morgan fingerprint density at radius 1 is 1.28 bits per heavy atom. The van der Waals surface area contributed by atoms with Crippen molar-refractivity contribution in [2.24, 2.45) is 0 Å². The summed E-state index contributed by atoms with van der Waals surface area (Å²) >= 11 is 0. The molecular formula is C20H30N2O3. The van der Waals surface area contributed by atoms with Crippen LogP contribution in [0.2, 0.25) is 0 Å². The van der Waals surface area contributed by atoms with E-state index in [1.54, 1.807) is 6.07 Å². The van der Waals surface area contributed by atoms with Gasteiger partial charge in [-0.1, -0.05) is 12.1 Å². The molecule has 0 amide bonds. The number of carboxylic acid groups (broad SMARTS) is 1. The fourth-order valence-corrected chi connectivity index (χ4v) is 4.21. The van der Waals surface area contributed by atoms with E-state index < -0.39 is 5.97 Å². The minimum Gasteiger partial charge on any atom is -0.478 e. The number of piperidine rings is 1. The van der Waals surface area contributed by atoms with Gasteiger partial charge in [-0.2, -0.15) is 0 Å². The maximum atomic E-state index is 11.2. The number of aromatic carboxylic acids is 1. The number of hydrogen-bond acceptors (Lipinski definition) is 4. The third kappa shape index (κ3) is 4.60. The third-order valence-electron chi connectivity index (χ3n) is 5.59. The average molecular weight is 346 g/mol. The summed E-state index contributed by atoms with van der Waals surface area (Å²) in [4.78, 5) is 16.3. The van der Waals surface area contributed by atoms with E-state index in [2.05, 4.69) is 29.7 Å². The zero-order valence-corrected chi connectivity index (χ0v) is 15.4. The highest BCUT2D eigenvalue weighted by atomic mass is 16.5. The van der Waals surface area contributed by atoms with Gasteiger partial charge in [0.25, 0.3) is 0 Å². The predicted molar refractivity (Wildman–Crippen MR) is 98.3 cm³/mol. The lowest BCUT2D eigenvalue weighted by atomic mass is 9.88. The van der Waals surface area contributed by atoms with Crippen LogP contribution < -0.4 is 0 Å². The van der Waals surface area contributed by atoms with Crippen LogP contribution in [0, 0.1) is 0 Å². The smallest absolute Gasteiger partial charge is 0.335 e. The predicted octanol–water partition coefficient (Wildman–Crippen LogP) is 2.68. The molecule has 2 aliphatic rings. The molecule has 0 radical (unpaired) electrons. The third-order valence-corrected chi connectivity index (χ3v) is 5.59. The van der Waals surface area contributed by atoms with Crippen molar-refractivity contribution in [2.75, 3.05) is 45.9 Å². The minimum atomic E-state index is -0.844. The molecule has 1 N–H and O–H groups in total. The lowest BCUT2D eigenvalue weighted by Crippen LogP contribution is -2.56. The second-order valence-electron chi connectivity index (χ2n) is 7.92. The van der Waals surface area contributed by atoms with Gasteiger partial charge in [-0.05, 0) is 56.8 Å². The Bertz CT molecular complexity index is 596. The zero-order chi connectivity index (χ0) is 17.9. The second kappa shape index (κ2) is 7.85. The number of nitrogens with zero attached hydrogens (tertiary/aromatic N) is 2. The van der Waals surface area contributed by atoms with Gasteiger partial charge in [0.15, 0.2) is 0 Å². The molecule has 138 valence electrons. The van der Waals surface area contributed by atoms with E-state index in [1.165, 1.54) is 6.42 Å². The Morgan fingerprint density at radius 2 is 2.04 bits per heavy atom. The van der Waals surface area contributed by atoms with E-state index in [-0.39, 0.29) is 5.54 Å². The monoisotopic (exact) mass is 346 g/mol. The number of benzene rings is 1. The van der Waals surface area contributed by atoms with E-state index in [0.29, 0.717) is 11.5 Å². The SMILES string of the molecule is CC(C)(CN1CCC[C@H](c2cccc(C(=O)O)c2)C1)N1CCOCC1. The van der Waals surface area contributed by atoms with Crippen molar-refractivity contribution in [3.8, 4) is 0 Å². The highest BCUT2D eigenvalue weighted by molar-refractivity contribution is 5.87. The molecule has 1 atom stereocenters. The fraction of sp³-hybridized carbons (Fsp3) is 0.650. The van der Waals surface area contributed by atoms with Crippen LogP contribution in [0.25, 0.3) is 0 Å².